The number of rotatable bonds is 2. The van der Waals surface area contributed by atoms with E-state index >= 15 is 0 Å². The number of hydrogen-bond acceptors (Lipinski definition) is 3. The molecule has 2 aromatic carbocycles. The third-order valence-electron chi connectivity index (χ3n) is 5.56. The quantitative estimate of drug-likeness (QED) is 0.766. The zero-order valence-corrected chi connectivity index (χ0v) is 15.1. The van der Waals surface area contributed by atoms with Gasteiger partial charge in [-0.05, 0) is 23.6 Å². The second-order valence-corrected chi connectivity index (χ2v) is 7.28. The van der Waals surface area contributed by atoms with E-state index in [4.69, 9.17) is 5.10 Å². The van der Waals surface area contributed by atoms with E-state index in [9.17, 15) is 4.79 Å². The Hall–Kier alpha value is -2.92. The summed E-state index contributed by atoms with van der Waals surface area (Å²) in [5, 5.41) is 8.13. The molecule has 0 aliphatic carbocycles. The van der Waals surface area contributed by atoms with Gasteiger partial charge in [0.05, 0.1) is 30.5 Å². The van der Waals surface area contributed by atoms with Gasteiger partial charge >= 0.3 is 0 Å². The smallest absolute Gasteiger partial charge is 0.240 e. The minimum absolute atomic E-state index is 0.136. The monoisotopic (exact) mass is 358 g/mol. The van der Waals surface area contributed by atoms with Gasteiger partial charge < -0.3 is 10.2 Å². The average molecular weight is 358 g/mol. The number of fused-ring (bicyclic) bond motifs is 2. The van der Waals surface area contributed by atoms with Crippen molar-refractivity contribution in [3.63, 3.8) is 0 Å². The first kappa shape index (κ1) is 16.3. The van der Waals surface area contributed by atoms with E-state index in [1.165, 1.54) is 11.1 Å². The van der Waals surface area contributed by atoms with Crippen LogP contribution in [0.15, 0.2) is 60.7 Å². The Morgan fingerprint density at radius 3 is 2.63 bits per heavy atom. The van der Waals surface area contributed by atoms with Gasteiger partial charge in [0.15, 0.2) is 0 Å². The van der Waals surface area contributed by atoms with E-state index in [0.29, 0.717) is 13.1 Å². The van der Waals surface area contributed by atoms with Crippen LogP contribution in [0, 0.1) is 0 Å². The summed E-state index contributed by atoms with van der Waals surface area (Å²) >= 11 is 0. The highest BCUT2D eigenvalue weighted by molar-refractivity contribution is 5.82. The molecule has 2 aliphatic heterocycles. The fourth-order valence-electron chi connectivity index (χ4n) is 4.05. The van der Waals surface area contributed by atoms with Crippen LogP contribution in [0.2, 0.25) is 0 Å². The van der Waals surface area contributed by atoms with Crippen molar-refractivity contribution in [2.45, 2.75) is 32.1 Å². The maximum Gasteiger partial charge on any atom is 0.240 e. The first-order valence-electron chi connectivity index (χ1n) is 9.49. The summed E-state index contributed by atoms with van der Waals surface area (Å²) in [6.07, 6.45) is 0.764. The van der Waals surface area contributed by atoms with Crippen LogP contribution in [0.5, 0.6) is 0 Å². The molecule has 1 atom stereocenters. The molecule has 0 radical (unpaired) electrons. The second-order valence-electron chi connectivity index (χ2n) is 7.28. The van der Waals surface area contributed by atoms with Crippen molar-refractivity contribution in [2.75, 3.05) is 6.54 Å². The zero-order chi connectivity index (χ0) is 18.2. The SMILES string of the molecule is O=C([C@H]1Cc2ccccc2CN1)N1CCn2nc(-c3ccccc3)cc2C1. The van der Waals surface area contributed by atoms with Gasteiger partial charge in [-0.1, -0.05) is 54.6 Å². The van der Waals surface area contributed by atoms with Crippen molar-refractivity contribution in [2.24, 2.45) is 0 Å². The number of carbonyl (C=O) groups is 1. The van der Waals surface area contributed by atoms with Crippen LogP contribution in [-0.2, 0) is 30.8 Å². The van der Waals surface area contributed by atoms with Crippen molar-refractivity contribution >= 4 is 5.91 Å². The highest BCUT2D eigenvalue weighted by Crippen LogP contribution is 2.23. The number of carbonyl (C=O) groups excluding carboxylic acids is 1. The van der Waals surface area contributed by atoms with Gasteiger partial charge in [0.1, 0.15) is 0 Å². The summed E-state index contributed by atoms with van der Waals surface area (Å²) in [5.41, 5.74) is 5.77. The molecule has 2 aliphatic rings. The summed E-state index contributed by atoms with van der Waals surface area (Å²) in [7, 11) is 0. The lowest BCUT2D eigenvalue weighted by Gasteiger charge is -2.33. The summed E-state index contributed by atoms with van der Waals surface area (Å²) < 4.78 is 2.04. The highest BCUT2D eigenvalue weighted by atomic mass is 16.2. The number of nitrogens with zero attached hydrogens (tertiary/aromatic N) is 3. The fraction of sp³-hybridized carbons (Fsp3) is 0.273. The first-order valence-corrected chi connectivity index (χ1v) is 9.49. The van der Waals surface area contributed by atoms with E-state index in [-0.39, 0.29) is 11.9 Å². The molecule has 1 aromatic heterocycles. The van der Waals surface area contributed by atoms with E-state index in [0.717, 1.165) is 36.5 Å². The first-order chi connectivity index (χ1) is 13.3. The van der Waals surface area contributed by atoms with Crippen LogP contribution in [0.1, 0.15) is 16.8 Å². The second kappa shape index (κ2) is 6.67. The molecule has 3 aromatic rings. The Balaban J connectivity index is 1.32. The lowest BCUT2D eigenvalue weighted by molar-refractivity contribution is -0.135. The summed E-state index contributed by atoms with van der Waals surface area (Å²) in [6.45, 7) is 2.84. The molecule has 0 saturated carbocycles. The molecule has 5 nitrogen and oxygen atoms in total. The van der Waals surface area contributed by atoms with Gasteiger partial charge in [0, 0.05) is 18.7 Å². The topological polar surface area (TPSA) is 50.2 Å². The maximum atomic E-state index is 13.1. The molecular formula is C22H22N4O. The molecule has 27 heavy (non-hydrogen) atoms. The Morgan fingerprint density at radius 1 is 1.00 bits per heavy atom. The molecule has 0 saturated heterocycles. The lowest BCUT2D eigenvalue weighted by atomic mass is 9.95. The van der Waals surface area contributed by atoms with E-state index < -0.39 is 0 Å². The lowest BCUT2D eigenvalue weighted by Crippen LogP contribution is -2.51. The number of amides is 1. The van der Waals surface area contributed by atoms with Gasteiger partial charge in [-0.15, -0.1) is 0 Å². The third kappa shape index (κ3) is 3.04. The summed E-state index contributed by atoms with van der Waals surface area (Å²) in [6, 6.07) is 20.5. The molecule has 3 heterocycles. The molecule has 1 amide bonds. The zero-order valence-electron chi connectivity index (χ0n) is 15.1. The van der Waals surface area contributed by atoms with Gasteiger partial charge in [-0.2, -0.15) is 5.10 Å². The summed E-state index contributed by atoms with van der Waals surface area (Å²) in [5.74, 6) is 0.193. The molecule has 0 unspecified atom stereocenters. The van der Waals surface area contributed by atoms with Gasteiger partial charge in [-0.25, -0.2) is 0 Å². The number of benzene rings is 2. The molecule has 0 bridgehead atoms. The normalized spacial score (nSPS) is 18.7. The number of hydrogen-bond donors (Lipinski definition) is 1. The van der Waals surface area contributed by atoms with Crippen molar-refractivity contribution in [1.82, 2.24) is 20.0 Å². The molecule has 1 N–H and O–H groups in total. The van der Waals surface area contributed by atoms with Crippen LogP contribution in [-0.4, -0.2) is 33.2 Å². The molecule has 5 heteroatoms. The van der Waals surface area contributed by atoms with Crippen LogP contribution < -0.4 is 5.32 Å². The molecule has 0 spiro atoms. The number of aromatic nitrogens is 2. The van der Waals surface area contributed by atoms with Crippen molar-refractivity contribution in [3.8, 4) is 11.3 Å². The molecular weight excluding hydrogens is 336 g/mol. The highest BCUT2D eigenvalue weighted by Gasteiger charge is 2.30. The van der Waals surface area contributed by atoms with Crippen LogP contribution in [0.4, 0.5) is 0 Å². The Morgan fingerprint density at radius 2 is 1.78 bits per heavy atom. The van der Waals surface area contributed by atoms with Gasteiger partial charge in [-0.3, -0.25) is 9.48 Å². The average Bonchev–Trinajstić information content (AvgIpc) is 3.17. The Labute approximate surface area is 158 Å². The fourth-order valence-corrected chi connectivity index (χ4v) is 4.05. The minimum Gasteiger partial charge on any atom is -0.334 e. The third-order valence-corrected chi connectivity index (χ3v) is 5.56. The predicted octanol–water partition coefficient (Wildman–Crippen LogP) is 2.61. The summed E-state index contributed by atoms with van der Waals surface area (Å²) in [4.78, 5) is 15.1. The Kier molecular flexibility index (Phi) is 4.02. The maximum absolute atomic E-state index is 13.1. The van der Waals surface area contributed by atoms with Crippen LogP contribution in [0.3, 0.4) is 0 Å². The molecule has 136 valence electrons. The predicted molar refractivity (Wildman–Crippen MR) is 104 cm³/mol. The van der Waals surface area contributed by atoms with Crippen LogP contribution >= 0.6 is 0 Å². The van der Waals surface area contributed by atoms with E-state index in [2.05, 4.69) is 47.8 Å². The largest absolute Gasteiger partial charge is 0.334 e. The van der Waals surface area contributed by atoms with E-state index in [1.807, 2.05) is 27.8 Å². The number of nitrogens with one attached hydrogen (secondary N) is 1. The van der Waals surface area contributed by atoms with Crippen LogP contribution in [0.25, 0.3) is 11.3 Å². The van der Waals surface area contributed by atoms with E-state index in [1.54, 1.807) is 0 Å². The van der Waals surface area contributed by atoms with Crippen molar-refractivity contribution < 1.29 is 4.79 Å². The van der Waals surface area contributed by atoms with Crippen molar-refractivity contribution in [1.29, 1.82) is 0 Å². The van der Waals surface area contributed by atoms with Gasteiger partial charge in [0.25, 0.3) is 0 Å². The standard InChI is InChI=1S/C22H22N4O/c27-22(21-12-17-8-4-5-9-18(17)14-23-21)25-10-11-26-19(15-25)13-20(24-26)16-6-2-1-3-7-16/h1-9,13,21,23H,10-12,14-15H2/t21-/m1/s1. The molecule has 5 rings (SSSR count). The van der Waals surface area contributed by atoms with Crippen molar-refractivity contribution in [3.05, 3.63) is 77.5 Å². The van der Waals surface area contributed by atoms with Gasteiger partial charge in [0.2, 0.25) is 5.91 Å². The molecule has 0 fully saturated rings. The minimum atomic E-state index is -0.136. The Bertz CT molecular complexity index is 979.